The third-order valence-corrected chi connectivity index (χ3v) is 12.4. The fraction of sp³-hybridized carbons (Fsp3) is 0.196. The van der Waals surface area contributed by atoms with Crippen molar-refractivity contribution in [1.29, 1.82) is 0 Å². The van der Waals surface area contributed by atoms with Crippen LogP contribution in [0.1, 0.15) is 60.5 Å². The van der Waals surface area contributed by atoms with Crippen molar-refractivity contribution in [2.45, 2.75) is 66.1 Å². The summed E-state index contributed by atoms with van der Waals surface area (Å²) in [5.74, 6) is 1.48. The number of benzene rings is 5. The molecule has 0 amide bonds. The number of aryl methyl sites for hydroxylation is 1. The maximum Gasteiger partial charge on any atom is 0.216 e. The van der Waals surface area contributed by atoms with Gasteiger partial charge < -0.3 is 14.0 Å². The van der Waals surface area contributed by atoms with Crippen LogP contribution in [0.2, 0.25) is 19.6 Å². The molecule has 0 unspecified atom stereocenters. The first kappa shape index (κ1) is 36.8. The van der Waals surface area contributed by atoms with Crippen molar-refractivity contribution in [2.24, 2.45) is 0 Å². The normalized spacial score (nSPS) is 12.3. The topological polar surface area (TPSA) is 56.7 Å². The van der Waals surface area contributed by atoms with E-state index in [2.05, 4.69) is 159 Å². The number of nitrogens with zero attached hydrogens (tertiary/aromatic N) is 4. The van der Waals surface area contributed by atoms with E-state index in [4.69, 9.17) is 13.5 Å². The number of pyridine rings is 2. The Balaban J connectivity index is 0.000000237. The maximum atomic E-state index is 7.64. The molecule has 0 bridgehead atoms. The van der Waals surface area contributed by atoms with Crippen LogP contribution >= 0.6 is 0 Å². The molecule has 9 aromatic rings. The molecular weight excluding hydrogens is 905 g/mol. The van der Waals surface area contributed by atoms with Gasteiger partial charge in [0.1, 0.15) is 0 Å². The Labute approximate surface area is 360 Å². The van der Waals surface area contributed by atoms with Crippen molar-refractivity contribution in [1.82, 2.24) is 19.5 Å². The van der Waals surface area contributed by atoms with E-state index in [0.717, 1.165) is 44.5 Å². The number of aromatic nitrogens is 4. The summed E-state index contributed by atoms with van der Waals surface area (Å²) in [4.78, 5) is 14.2. The van der Waals surface area contributed by atoms with Gasteiger partial charge in [-0.2, -0.15) is 0 Å². The average Bonchev–Trinajstić information content (AvgIpc) is 3.80. The predicted molar refractivity (Wildman–Crippen MR) is 240 cm³/mol. The van der Waals surface area contributed by atoms with Gasteiger partial charge in [0.2, 0.25) is 5.71 Å². The Kier molecular flexibility index (Phi) is 10.7. The zero-order valence-electron chi connectivity index (χ0n) is 37.2. The van der Waals surface area contributed by atoms with E-state index < -0.39 is 8.07 Å². The third-order valence-electron chi connectivity index (χ3n) is 10.4. The molecular formula is C51H48IrN4OSi-2. The Morgan fingerprint density at radius 1 is 0.724 bits per heavy atom. The molecule has 4 aromatic heterocycles. The zero-order valence-corrected chi connectivity index (χ0v) is 37.5. The zero-order chi connectivity index (χ0) is 42.5. The molecule has 293 valence electrons. The molecule has 4 heterocycles. The van der Waals surface area contributed by atoms with Crippen LogP contribution in [0.15, 0.2) is 138 Å². The summed E-state index contributed by atoms with van der Waals surface area (Å²) in [6, 6.07) is 43.7. The van der Waals surface area contributed by atoms with Crippen LogP contribution in [-0.4, -0.2) is 27.6 Å². The molecule has 9 rings (SSSR count). The third kappa shape index (κ3) is 8.13. The van der Waals surface area contributed by atoms with Crippen LogP contribution in [0.25, 0.3) is 72.6 Å². The Morgan fingerprint density at radius 2 is 1.45 bits per heavy atom. The van der Waals surface area contributed by atoms with Crippen molar-refractivity contribution in [3.63, 3.8) is 0 Å². The number of para-hydroxylation sites is 2. The van der Waals surface area contributed by atoms with Gasteiger partial charge in [0.05, 0.1) is 30.5 Å². The summed E-state index contributed by atoms with van der Waals surface area (Å²) in [6.07, 6.45) is 1.87. The molecule has 5 aromatic carbocycles. The van der Waals surface area contributed by atoms with Crippen molar-refractivity contribution in [3.8, 4) is 39.5 Å². The first-order valence-corrected chi connectivity index (χ1v) is 23.1. The summed E-state index contributed by atoms with van der Waals surface area (Å²) < 4.78 is 31.2. The van der Waals surface area contributed by atoms with E-state index in [-0.39, 0.29) is 38.2 Å². The fourth-order valence-corrected chi connectivity index (χ4v) is 8.32. The SMILES string of the molecule is Cc1ccc2c(n1)oc1c[c-]c(-c3nc4ccccc4n3-c3c(C(C)C)cc(-c4ccccc4)cc3C(C)C)cc12.[2H]c1[c-]c(-c2ccc([Si](C)(C)C)cn2)cc([2H])c1[2H].[Ir]. The van der Waals surface area contributed by atoms with Crippen LogP contribution < -0.4 is 5.19 Å². The number of hydrogen-bond acceptors (Lipinski definition) is 4. The van der Waals surface area contributed by atoms with Crippen LogP contribution in [-0.2, 0) is 20.1 Å². The van der Waals surface area contributed by atoms with Crippen molar-refractivity contribution < 1.29 is 28.6 Å². The second-order valence-electron chi connectivity index (χ2n) is 16.2. The maximum absolute atomic E-state index is 7.64. The van der Waals surface area contributed by atoms with Gasteiger partial charge in [-0.15, -0.1) is 59.6 Å². The average molecular weight is 956 g/mol. The van der Waals surface area contributed by atoms with Crippen molar-refractivity contribution >= 4 is 46.4 Å². The first-order chi connectivity index (χ1) is 28.7. The second-order valence-corrected chi connectivity index (χ2v) is 21.3. The van der Waals surface area contributed by atoms with Gasteiger partial charge in [-0.3, -0.25) is 4.98 Å². The molecule has 58 heavy (non-hydrogen) atoms. The Hall–Kier alpha value is -5.46. The van der Waals surface area contributed by atoms with Crippen LogP contribution in [0.5, 0.6) is 0 Å². The smallest absolute Gasteiger partial charge is 0.216 e. The summed E-state index contributed by atoms with van der Waals surface area (Å²) in [7, 11) is -1.36. The van der Waals surface area contributed by atoms with Crippen LogP contribution in [0.3, 0.4) is 0 Å². The van der Waals surface area contributed by atoms with E-state index in [1.807, 2.05) is 31.3 Å². The first-order valence-electron chi connectivity index (χ1n) is 21.1. The van der Waals surface area contributed by atoms with Gasteiger partial charge in [-0.05, 0) is 89.7 Å². The summed E-state index contributed by atoms with van der Waals surface area (Å²) in [6.45, 7) is 17.9. The minimum absolute atomic E-state index is 0. The largest absolute Gasteiger partial charge is 0.486 e. The molecule has 1 radical (unpaired) electrons. The molecule has 0 aliphatic carbocycles. The van der Waals surface area contributed by atoms with E-state index in [1.54, 1.807) is 0 Å². The second kappa shape index (κ2) is 16.8. The van der Waals surface area contributed by atoms with Gasteiger partial charge in [-0.1, -0.05) is 107 Å². The summed E-state index contributed by atoms with van der Waals surface area (Å²) in [5, 5.41) is 3.29. The summed E-state index contributed by atoms with van der Waals surface area (Å²) in [5.41, 5.74) is 12.9. The van der Waals surface area contributed by atoms with Crippen LogP contribution in [0, 0.1) is 19.1 Å². The van der Waals surface area contributed by atoms with E-state index in [9.17, 15) is 0 Å². The Bertz CT molecular complexity index is 2970. The molecule has 0 saturated heterocycles. The summed E-state index contributed by atoms with van der Waals surface area (Å²) >= 11 is 0. The molecule has 5 nitrogen and oxygen atoms in total. The number of hydrogen-bond donors (Lipinski definition) is 0. The molecule has 7 heteroatoms. The predicted octanol–water partition coefficient (Wildman–Crippen LogP) is 13.1. The monoisotopic (exact) mass is 956 g/mol. The fourth-order valence-electron chi connectivity index (χ4n) is 7.28. The van der Waals surface area contributed by atoms with Gasteiger partial charge in [0, 0.05) is 45.8 Å². The van der Waals surface area contributed by atoms with Gasteiger partial charge >= 0.3 is 0 Å². The molecule has 0 aliphatic heterocycles. The Morgan fingerprint density at radius 3 is 2.12 bits per heavy atom. The molecule has 0 saturated carbocycles. The van der Waals surface area contributed by atoms with Crippen molar-refractivity contribution in [2.75, 3.05) is 0 Å². The standard InChI is InChI=1S/C37H32N3O.C14H16NSi.Ir/c1-22(2)29-20-27(25-11-7-6-8-12-25)21-30(23(3)4)35(29)40-33-14-10-9-13-32(33)39-36(40)26-16-18-34-31(19-26)28-17-15-24(5)38-37(28)41-34;1-16(2,3)13-9-10-14(15-11-13)12-7-5-4-6-8-12;/h6-15,17-23H,1-5H3;4-7,9-11H,1-3H3;/q2*-1;/i;4D,5D,6D;. The van der Waals surface area contributed by atoms with E-state index in [0.29, 0.717) is 28.8 Å². The minimum atomic E-state index is -1.36. The van der Waals surface area contributed by atoms with Gasteiger partial charge in [0.25, 0.3) is 0 Å². The molecule has 0 aliphatic rings. The van der Waals surface area contributed by atoms with Crippen LogP contribution in [0.4, 0.5) is 0 Å². The molecule has 0 fully saturated rings. The van der Waals surface area contributed by atoms with E-state index >= 15 is 0 Å². The number of fused-ring (bicyclic) bond motifs is 4. The van der Waals surface area contributed by atoms with Gasteiger partial charge in [-0.25, -0.2) is 4.98 Å². The quantitative estimate of drug-likeness (QED) is 0.118. The molecule has 0 spiro atoms. The number of furan rings is 1. The number of imidazole rings is 1. The molecule has 0 atom stereocenters. The van der Waals surface area contributed by atoms with Gasteiger partial charge in [0.15, 0.2) is 0 Å². The number of rotatable bonds is 7. The minimum Gasteiger partial charge on any atom is -0.486 e. The van der Waals surface area contributed by atoms with E-state index in [1.165, 1.54) is 39.2 Å². The molecule has 0 N–H and O–H groups in total. The van der Waals surface area contributed by atoms with Crippen molar-refractivity contribution in [3.05, 3.63) is 162 Å².